The summed E-state index contributed by atoms with van der Waals surface area (Å²) in [5.74, 6) is -2.98. The van der Waals surface area contributed by atoms with Gasteiger partial charge in [0.15, 0.2) is 0 Å². The predicted molar refractivity (Wildman–Crippen MR) is 118 cm³/mol. The van der Waals surface area contributed by atoms with E-state index in [0.29, 0.717) is 12.0 Å². The maximum absolute atomic E-state index is 13.3. The van der Waals surface area contributed by atoms with Crippen LogP contribution in [0.1, 0.15) is 46.6 Å². The van der Waals surface area contributed by atoms with E-state index in [1.54, 1.807) is 27.0 Å². The van der Waals surface area contributed by atoms with Gasteiger partial charge in [0, 0.05) is 30.6 Å². The second kappa shape index (κ2) is 9.09. The quantitative estimate of drug-likeness (QED) is 0.436. The van der Waals surface area contributed by atoms with Crippen molar-refractivity contribution in [2.45, 2.75) is 64.6 Å². The molecule has 1 amide bonds. The molecule has 1 aromatic heterocycles. The fourth-order valence-corrected chi connectivity index (χ4v) is 3.60. The number of hydrogen-bond acceptors (Lipinski definition) is 5. The van der Waals surface area contributed by atoms with Crippen LogP contribution in [0.2, 0.25) is 0 Å². The Morgan fingerprint density at radius 1 is 1.19 bits per heavy atom. The van der Waals surface area contributed by atoms with E-state index in [1.807, 2.05) is 38.1 Å². The van der Waals surface area contributed by atoms with Crippen molar-refractivity contribution in [3.63, 3.8) is 0 Å². The fraction of sp³-hybridized carbons (Fsp3) is 0.522. The number of amides is 1. The minimum atomic E-state index is -2.27. The number of carboxylic acids is 1. The van der Waals surface area contributed by atoms with Gasteiger partial charge >= 0.3 is 11.9 Å². The maximum Gasteiger partial charge on any atom is 0.344 e. The minimum Gasteiger partial charge on any atom is -0.479 e. The molecule has 31 heavy (non-hydrogen) atoms. The van der Waals surface area contributed by atoms with Gasteiger partial charge in [-0.15, -0.1) is 0 Å². The first kappa shape index (κ1) is 24.4. The zero-order chi connectivity index (χ0) is 23.6. The number of aromatic amines is 1. The molecule has 2 aromatic rings. The third-order valence-corrected chi connectivity index (χ3v) is 5.16. The van der Waals surface area contributed by atoms with Gasteiger partial charge in [-0.05, 0) is 44.7 Å². The summed E-state index contributed by atoms with van der Waals surface area (Å²) in [6.45, 7) is 8.77. The summed E-state index contributed by atoms with van der Waals surface area (Å²) < 4.78 is 5.49. The number of rotatable bonds is 8. The van der Waals surface area contributed by atoms with Crippen molar-refractivity contribution in [3.05, 3.63) is 36.0 Å². The van der Waals surface area contributed by atoms with Crippen molar-refractivity contribution in [2.75, 3.05) is 7.05 Å². The highest BCUT2D eigenvalue weighted by atomic mass is 16.6. The van der Waals surface area contributed by atoms with Crippen LogP contribution in [0.3, 0.4) is 0 Å². The van der Waals surface area contributed by atoms with E-state index in [1.165, 1.54) is 7.05 Å². The number of carbonyl (C=O) groups is 3. The molecule has 0 saturated carbocycles. The molecule has 0 radical (unpaired) electrons. The molecule has 0 spiro atoms. The number of ether oxygens (including phenoxy) is 1. The Bertz CT molecular complexity index is 960. The van der Waals surface area contributed by atoms with Crippen molar-refractivity contribution in [1.29, 1.82) is 0 Å². The number of nitrogens with two attached hydrogens (primary N) is 1. The third-order valence-electron chi connectivity index (χ3n) is 5.16. The molecule has 8 heteroatoms. The summed E-state index contributed by atoms with van der Waals surface area (Å²) in [5.41, 5.74) is 4.23. The van der Waals surface area contributed by atoms with Gasteiger partial charge in [0.2, 0.25) is 11.4 Å². The lowest BCUT2D eigenvalue weighted by Gasteiger charge is -2.39. The highest BCUT2D eigenvalue weighted by Gasteiger charge is 2.55. The van der Waals surface area contributed by atoms with Crippen LogP contribution in [-0.2, 0) is 25.5 Å². The van der Waals surface area contributed by atoms with Crippen LogP contribution in [0.4, 0.5) is 0 Å². The predicted octanol–water partition coefficient (Wildman–Crippen LogP) is 2.71. The summed E-state index contributed by atoms with van der Waals surface area (Å²) >= 11 is 0. The zero-order valence-corrected chi connectivity index (χ0v) is 19.1. The number of H-pyrrole nitrogens is 1. The summed E-state index contributed by atoms with van der Waals surface area (Å²) in [5, 5.41) is 11.1. The van der Waals surface area contributed by atoms with Gasteiger partial charge < -0.3 is 25.5 Å². The van der Waals surface area contributed by atoms with Crippen molar-refractivity contribution in [2.24, 2.45) is 11.7 Å². The van der Waals surface area contributed by atoms with Crippen molar-refractivity contribution in [1.82, 2.24) is 9.88 Å². The molecule has 170 valence electrons. The van der Waals surface area contributed by atoms with E-state index in [9.17, 15) is 19.5 Å². The molecule has 0 fully saturated rings. The van der Waals surface area contributed by atoms with Crippen LogP contribution in [0, 0.1) is 5.92 Å². The molecule has 0 aliphatic rings. The Morgan fingerprint density at radius 3 is 2.35 bits per heavy atom. The molecule has 0 bridgehead atoms. The Balaban J connectivity index is 2.59. The Morgan fingerprint density at radius 2 is 1.81 bits per heavy atom. The number of likely N-dealkylation sites (N-methyl/N-ethyl adjacent to an activating group) is 1. The number of fused-ring (bicyclic) bond motifs is 1. The van der Waals surface area contributed by atoms with Gasteiger partial charge in [0.05, 0.1) is 6.04 Å². The van der Waals surface area contributed by atoms with E-state index in [0.717, 1.165) is 15.8 Å². The molecule has 0 unspecified atom stereocenters. The van der Waals surface area contributed by atoms with Crippen LogP contribution in [0.5, 0.6) is 0 Å². The Kier molecular flexibility index (Phi) is 7.16. The second-order valence-corrected chi connectivity index (χ2v) is 9.34. The highest BCUT2D eigenvalue weighted by molar-refractivity contribution is 6.08. The largest absolute Gasteiger partial charge is 0.479 e. The lowest BCUT2D eigenvalue weighted by atomic mass is 9.87. The number of hydrogen-bond donors (Lipinski definition) is 3. The van der Waals surface area contributed by atoms with Crippen molar-refractivity contribution < 1.29 is 24.2 Å². The summed E-state index contributed by atoms with van der Waals surface area (Å²) in [7, 11) is 1.30. The molecule has 8 nitrogen and oxygen atoms in total. The second-order valence-electron chi connectivity index (χ2n) is 9.34. The molecule has 1 heterocycles. The smallest absolute Gasteiger partial charge is 0.344 e. The van der Waals surface area contributed by atoms with Crippen LogP contribution >= 0.6 is 0 Å². The molecule has 0 aliphatic heterocycles. The maximum atomic E-state index is 13.3. The molecular formula is C23H33N3O5. The van der Waals surface area contributed by atoms with Crippen LogP contribution in [0.25, 0.3) is 10.9 Å². The number of nitrogens with zero attached hydrogens (tertiary/aromatic N) is 1. The number of para-hydroxylation sites is 1. The first-order valence-electron chi connectivity index (χ1n) is 10.3. The molecule has 2 atom stereocenters. The van der Waals surface area contributed by atoms with Gasteiger partial charge in [-0.1, -0.05) is 32.0 Å². The topological polar surface area (TPSA) is 126 Å². The van der Waals surface area contributed by atoms with Gasteiger partial charge in [-0.3, -0.25) is 4.79 Å². The summed E-state index contributed by atoms with van der Waals surface area (Å²) in [6.07, 6.45) is 1.75. The Labute approximate surface area is 182 Å². The van der Waals surface area contributed by atoms with Crippen molar-refractivity contribution in [3.8, 4) is 0 Å². The zero-order valence-electron chi connectivity index (χ0n) is 19.1. The lowest BCUT2D eigenvalue weighted by Crippen LogP contribution is -2.65. The molecule has 4 N–H and O–H groups in total. The van der Waals surface area contributed by atoms with Gasteiger partial charge in [0.1, 0.15) is 5.60 Å². The average molecular weight is 432 g/mol. The number of esters is 1. The molecule has 0 aliphatic carbocycles. The summed E-state index contributed by atoms with van der Waals surface area (Å²) in [4.78, 5) is 43.1. The molecule has 0 saturated heterocycles. The molecule has 2 rings (SSSR count). The molecular weight excluding hydrogens is 398 g/mol. The highest BCUT2D eigenvalue weighted by Crippen LogP contribution is 2.30. The number of carbonyl (C=O) groups excluding carboxylic acids is 2. The number of benzene rings is 1. The third kappa shape index (κ3) is 5.25. The van der Waals surface area contributed by atoms with E-state index < -0.39 is 35.0 Å². The van der Waals surface area contributed by atoms with Gasteiger partial charge in [-0.25, -0.2) is 9.59 Å². The molecule has 1 aromatic carbocycles. The first-order chi connectivity index (χ1) is 14.3. The fourth-order valence-electron chi connectivity index (χ4n) is 3.60. The minimum absolute atomic E-state index is 0.127. The van der Waals surface area contributed by atoms with Crippen LogP contribution in [0.15, 0.2) is 30.5 Å². The average Bonchev–Trinajstić information content (AvgIpc) is 3.05. The number of aromatic nitrogens is 1. The summed E-state index contributed by atoms with van der Waals surface area (Å²) in [6, 6.07) is 6.41. The number of nitrogens with one attached hydrogen (secondary N) is 1. The van der Waals surface area contributed by atoms with Crippen LogP contribution < -0.4 is 5.73 Å². The monoisotopic (exact) mass is 431 g/mol. The van der Waals surface area contributed by atoms with Gasteiger partial charge in [0.25, 0.3) is 0 Å². The van der Waals surface area contributed by atoms with Crippen LogP contribution in [-0.4, -0.2) is 57.1 Å². The van der Waals surface area contributed by atoms with E-state index in [4.69, 9.17) is 10.5 Å². The van der Waals surface area contributed by atoms with E-state index in [-0.39, 0.29) is 12.3 Å². The standard InChI is InChI=1S/C23H33N3O5/c1-14(2)11-17(24)19(27)26(6)23(20(28)29,21(30)31-22(3,4)5)12-15-13-25-18-10-8-7-9-16(15)18/h7-10,13-14,17,25H,11-12,24H2,1-6H3,(H,28,29)/t17-,23-/m0/s1. The number of aliphatic carboxylic acids is 1. The van der Waals surface area contributed by atoms with E-state index >= 15 is 0 Å². The van der Waals surface area contributed by atoms with E-state index in [2.05, 4.69) is 4.98 Å². The Hall–Kier alpha value is -2.87. The van der Waals surface area contributed by atoms with Crippen molar-refractivity contribution >= 4 is 28.7 Å². The lowest BCUT2D eigenvalue weighted by molar-refractivity contribution is -0.182. The first-order valence-corrected chi connectivity index (χ1v) is 10.3. The normalized spacial score (nSPS) is 14.8. The SMILES string of the molecule is CC(C)C[C@H](N)C(=O)N(C)[C@@](Cc1c[nH]c2ccccc12)(C(=O)O)C(=O)OC(C)(C)C. The number of carboxylic acid groups (broad SMARTS) is 1. The van der Waals surface area contributed by atoms with Gasteiger partial charge in [-0.2, -0.15) is 0 Å².